The second-order valence-corrected chi connectivity index (χ2v) is 2.83. The highest BCUT2D eigenvalue weighted by Gasteiger charge is 2.44. The molecular formula is C6H8ClF3O2. The average Bonchev–Trinajstić information content (AvgIpc) is 1.82. The van der Waals surface area contributed by atoms with Crippen molar-refractivity contribution in [2.24, 2.45) is 0 Å². The van der Waals surface area contributed by atoms with Crippen LogP contribution < -0.4 is 0 Å². The highest BCUT2D eigenvalue weighted by Crippen LogP contribution is 2.25. The van der Waals surface area contributed by atoms with E-state index in [9.17, 15) is 18.0 Å². The molecule has 0 heterocycles. The molecule has 0 fully saturated rings. The molecule has 0 aliphatic carbocycles. The van der Waals surface area contributed by atoms with Crippen LogP contribution in [0.5, 0.6) is 0 Å². The number of rotatable bonds is 2. The smallest absolute Gasteiger partial charge is 0.415 e. The summed E-state index contributed by atoms with van der Waals surface area (Å²) in [6, 6.07) is 0. The van der Waals surface area contributed by atoms with Crippen LogP contribution in [0.25, 0.3) is 0 Å². The van der Waals surface area contributed by atoms with Crippen molar-refractivity contribution in [3.05, 3.63) is 0 Å². The van der Waals surface area contributed by atoms with Crippen LogP contribution in [0.2, 0.25) is 0 Å². The van der Waals surface area contributed by atoms with E-state index < -0.39 is 23.6 Å². The van der Waals surface area contributed by atoms with Crippen molar-refractivity contribution >= 4 is 17.6 Å². The number of esters is 1. The number of ether oxygens (including phenoxy) is 1. The Bertz CT molecular complexity index is 167. The molecule has 0 aromatic heterocycles. The summed E-state index contributed by atoms with van der Waals surface area (Å²) >= 11 is 4.75. The van der Waals surface area contributed by atoms with E-state index in [0.29, 0.717) is 0 Å². The van der Waals surface area contributed by atoms with Gasteiger partial charge in [0.05, 0.1) is 6.10 Å². The lowest BCUT2D eigenvalue weighted by molar-refractivity contribution is -0.171. The Morgan fingerprint density at radius 3 is 2.08 bits per heavy atom. The quantitative estimate of drug-likeness (QED) is 0.509. The van der Waals surface area contributed by atoms with Crippen LogP contribution >= 0.6 is 11.6 Å². The molecule has 0 saturated heterocycles. The molecular weight excluding hydrogens is 197 g/mol. The Morgan fingerprint density at radius 2 is 1.83 bits per heavy atom. The SMILES string of the molecule is CC(C)OC(=O)C(Cl)C(F)(F)F. The molecule has 12 heavy (non-hydrogen) atoms. The Hall–Kier alpha value is -0.450. The van der Waals surface area contributed by atoms with Gasteiger partial charge in [0.25, 0.3) is 0 Å². The maximum absolute atomic E-state index is 11.7. The van der Waals surface area contributed by atoms with Gasteiger partial charge in [-0.05, 0) is 13.8 Å². The van der Waals surface area contributed by atoms with Crippen LogP contribution in [0.3, 0.4) is 0 Å². The Morgan fingerprint density at radius 1 is 1.42 bits per heavy atom. The summed E-state index contributed by atoms with van der Waals surface area (Å²) in [5, 5.41) is -2.57. The van der Waals surface area contributed by atoms with Crippen molar-refractivity contribution in [1.82, 2.24) is 0 Å². The fraction of sp³-hybridized carbons (Fsp3) is 0.833. The Kier molecular flexibility index (Phi) is 3.83. The lowest BCUT2D eigenvalue weighted by Gasteiger charge is -2.14. The van der Waals surface area contributed by atoms with E-state index in [0.717, 1.165) is 0 Å². The molecule has 6 heteroatoms. The summed E-state index contributed by atoms with van der Waals surface area (Å²) in [5.74, 6) is -1.46. The monoisotopic (exact) mass is 204 g/mol. The van der Waals surface area contributed by atoms with Gasteiger partial charge in [-0.25, -0.2) is 0 Å². The lowest BCUT2D eigenvalue weighted by Crippen LogP contribution is -2.34. The zero-order valence-corrected chi connectivity index (χ0v) is 7.24. The van der Waals surface area contributed by atoms with Crippen molar-refractivity contribution in [3.8, 4) is 0 Å². The second-order valence-electron chi connectivity index (χ2n) is 2.39. The number of alkyl halides is 4. The van der Waals surface area contributed by atoms with Gasteiger partial charge in [0, 0.05) is 0 Å². The predicted octanol–water partition coefficient (Wildman–Crippen LogP) is 2.11. The van der Waals surface area contributed by atoms with E-state index in [2.05, 4.69) is 4.74 Å². The van der Waals surface area contributed by atoms with Gasteiger partial charge < -0.3 is 4.74 Å². The van der Waals surface area contributed by atoms with E-state index >= 15 is 0 Å². The van der Waals surface area contributed by atoms with Crippen molar-refractivity contribution in [3.63, 3.8) is 0 Å². The summed E-state index contributed by atoms with van der Waals surface area (Å²) in [6.07, 6.45) is -5.34. The van der Waals surface area contributed by atoms with Crippen LogP contribution in [0, 0.1) is 0 Å². The zero-order valence-electron chi connectivity index (χ0n) is 6.48. The molecule has 0 spiro atoms. The van der Waals surface area contributed by atoms with Crippen molar-refractivity contribution in [2.75, 3.05) is 0 Å². The molecule has 72 valence electrons. The summed E-state index contributed by atoms with van der Waals surface area (Å²) in [7, 11) is 0. The van der Waals surface area contributed by atoms with Crippen LogP contribution in [0.15, 0.2) is 0 Å². The van der Waals surface area contributed by atoms with E-state index in [1.807, 2.05) is 0 Å². The van der Waals surface area contributed by atoms with E-state index in [1.165, 1.54) is 13.8 Å². The molecule has 1 atom stereocenters. The maximum atomic E-state index is 11.7. The first-order valence-corrected chi connectivity index (χ1v) is 3.60. The van der Waals surface area contributed by atoms with E-state index in [4.69, 9.17) is 11.6 Å². The van der Waals surface area contributed by atoms with Crippen molar-refractivity contribution in [1.29, 1.82) is 0 Å². The largest absolute Gasteiger partial charge is 0.462 e. The molecule has 0 aromatic rings. The summed E-state index contributed by atoms with van der Waals surface area (Å²) in [5.41, 5.74) is 0. The number of carbonyl (C=O) groups excluding carboxylic acids is 1. The minimum absolute atomic E-state index is 0.596. The fourth-order valence-corrected chi connectivity index (χ4v) is 0.477. The summed E-state index contributed by atoms with van der Waals surface area (Å²) < 4.78 is 39.4. The molecule has 0 aromatic carbocycles. The van der Waals surface area contributed by atoms with E-state index in [-0.39, 0.29) is 0 Å². The third-order valence-corrected chi connectivity index (χ3v) is 1.27. The van der Waals surface area contributed by atoms with Gasteiger partial charge >= 0.3 is 12.1 Å². The van der Waals surface area contributed by atoms with Gasteiger partial charge in [0.2, 0.25) is 5.38 Å². The molecule has 0 aliphatic heterocycles. The van der Waals surface area contributed by atoms with Gasteiger partial charge in [-0.15, -0.1) is 11.6 Å². The van der Waals surface area contributed by atoms with Crippen LogP contribution in [-0.2, 0) is 9.53 Å². The predicted molar refractivity (Wildman–Crippen MR) is 36.9 cm³/mol. The van der Waals surface area contributed by atoms with Crippen LogP contribution in [0.4, 0.5) is 13.2 Å². The average molecular weight is 205 g/mol. The molecule has 0 N–H and O–H groups in total. The minimum Gasteiger partial charge on any atom is -0.462 e. The first-order valence-electron chi connectivity index (χ1n) is 3.16. The molecule has 1 unspecified atom stereocenters. The molecule has 0 bridgehead atoms. The van der Waals surface area contributed by atoms with Gasteiger partial charge in [0.15, 0.2) is 0 Å². The maximum Gasteiger partial charge on any atom is 0.415 e. The standard InChI is InChI=1S/C6H8ClF3O2/c1-3(2)12-5(11)4(7)6(8,9)10/h3-4H,1-2H3. The van der Waals surface area contributed by atoms with Gasteiger partial charge in [-0.3, -0.25) is 4.79 Å². The number of halogens is 4. The number of hydrogen-bond donors (Lipinski definition) is 0. The third-order valence-electron chi connectivity index (χ3n) is 0.846. The summed E-state index contributed by atoms with van der Waals surface area (Å²) in [4.78, 5) is 10.5. The topological polar surface area (TPSA) is 26.3 Å². The van der Waals surface area contributed by atoms with Gasteiger partial charge in [-0.2, -0.15) is 13.2 Å². The first-order chi connectivity index (χ1) is 5.25. The molecule has 0 saturated carbocycles. The Balaban J connectivity index is 4.12. The zero-order chi connectivity index (χ0) is 9.94. The number of hydrogen-bond acceptors (Lipinski definition) is 2. The fourth-order valence-electron chi connectivity index (χ4n) is 0.426. The van der Waals surface area contributed by atoms with Crippen LogP contribution in [-0.4, -0.2) is 23.6 Å². The van der Waals surface area contributed by atoms with Crippen LogP contribution in [0.1, 0.15) is 13.8 Å². The molecule has 0 aliphatic rings. The highest BCUT2D eigenvalue weighted by atomic mass is 35.5. The van der Waals surface area contributed by atoms with Crippen molar-refractivity contribution in [2.45, 2.75) is 31.5 Å². The van der Waals surface area contributed by atoms with Gasteiger partial charge in [-0.1, -0.05) is 0 Å². The molecule has 0 amide bonds. The molecule has 2 nitrogen and oxygen atoms in total. The molecule has 0 radical (unpaired) electrons. The third kappa shape index (κ3) is 3.80. The van der Waals surface area contributed by atoms with Gasteiger partial charge in [0.1, 0.15) is 0 Å². The number of carbonyl (C=O) groups is 1. The van der Waals surface area contributed by atoms with Crippen molar-refractivity contribution < 1.29 is 22.7 Å². The highest BCUT2D eigenvalue weighted by molar-refractivity contribution is 6.30. The normalized spacial score (nSPS) is 14.6. The lowest BCUT2D eigenvalue weighted by atomic mass is 10.4. The molecule has 0 rings (SSSR count). The summed E-state index contributed by atoms with van der Waals surface area (Å²) in [6.45, 7) is 2.88. The Labute approximate surface area is 72.6 Å². The minimum atomic E-state index is -4.74. The first kappa shape index (κ1) is 11.6. The second kappa shape index (κ2) is 3.98. The van der Waals surface area contributed by atoms with E-state index in [1.54, 1.807) is 0 Å².